The van der Waals surface area contributed by atoms with Gasteiger partial charge >= 0.3 is 0 Å². The van der Waals surface area contributed by atoms with Crippen LogP contribution in [-0.4, -0.2) is 38.1 Å². The number of hydrogen-bond acceptors (Lipinski definition) is 5. The molecule has 5 rings (SSSR count). The SMILES string of the molecule is CCCC1=NN2C(=N)C(=Cc3cn(CCOc4cccc(C)c4)c4ccccc34)C(=O)N=C2S1. The van der Waals surface area contributed by atoms with Gasteiger partial charge in [0.1, 0.15) is 17.4 Å². The quantitative estimate of drug-likeness (QED) is 0.465. The predicted octanol–water partition coefficient (Wildman–Crippen LogP) is 5.45. The lowest BCUT2D eigenvalue weighted by molar-refractivity contribution is -0.114. The van der Waals surface area contributed by atoms with Gasteiger partial charge in [0, 0.05) is 22.7 Å². The Hall–Kier alpha value is -3.65. The van der Waals surface area contributed by atoms with Crippen LogP contribution in [0.15, 0.2) is 70.4 Å². The summed E-state index contributed by atoms with van der Waals surface area (Å²) in [7, 11) is 0. The Labute approximate surface area is 202 Å². The average Bonchev–Trinajstić information content (AvgIpc) is 3.38. The van der Waals surface area contributed by atoms with Gasteiger partial charge in [-0.15, -0.1) is 0 Å². The minimum atomic E-state index is -0.406. The van der Waals surface area contributed by atoms with E-state index in [1.165, 1.54) is 16.8 Å². The van der Waals surface area contributed by atoms with E-state index in [2.05, 4.69) is 21.6 Å². The van der Waals surface area contributed by atoms with E-state index in [1.54, 1.807) is 6.08 Å². The number of carbonyl (C=O) groups excluding carboxylic acids is 1. The number of para-hydroxylation sites is 1. The van der Waals surface area contributed by atoms with E-state index in [9.17, 15) is 4.79 Å². The molecule has 3 aromatic rings. The molecule has 0 spiro atoms. The molecule has 0 bridgehead atoms. The van der Waals surface area contributed by atoms with E-state index in [4.69, 9.17) is 10.1 Å². The maximum Gasteiger partial charge on any atom is 0.283 e. The minimum absolute atomic E-state index is 0.0632. The first kappa shape index (κ1) is 22.2. The second-order valence-electron chi connectivity index (χ2n) is 8.22. The normalized spacial score (nSPS) is 16.8. The Bertz CT molecular complexity index is 1380. The third-order valence-electron chi connectivity index (χ3n) is 5.67. The molecule has 0 atom stereocenters. The standard InChI is InChI=1S/C26H25N5O2S/c1-3-7-23-29-31-24(27)21(25(32)28-26(31)34-23)15-18-16-30(22-11-5-4-10-20(18)22)12-13-33-19-9-6-8-17(2)14-19/h4-6,8-11,14-16,27H,3,7,12-13H2,1-2H3. The van der Waals surface area contributed by atoms with Crippen LogP contribution in [-0.2, 0) is 11.3 Å². The van der Waals surface area contributed by atoms with Crippen LogP contribution >= 0.6 is 11.8 Å². The van der Waals surface area contributed by atoms with Crippen LogP contribution in [0.4, 0.5) is 0 Å². The van der Waals surface area contributed by atoms with Gasteiger partial charge in [-0.25, -0.2) is 0 Å². The summed E-state index contributed by atoms with van der Waals surface area (Å²) in [6.45, 7) is 5.28. The van der Waals surface area contributed by atoms with Crippen LogP contribution in [0.3, 0.4) is 0 Å². The molecule has 1 amide bonds. The van der Waals surface area contributed by atoms with E-state index in [0.717, 1.165) is 45.7 Å². The van der Waals surface area contributed by atoms with Crippen LogP contribution in [0, 0.1) is 12.3 Å². The van der Waals surface area contributed by atoms with Crippen molar-refractivity contribution < 1.29 is 9.53 Å². The molecule has 172 valence electrons. The fraction of sp³-hybridized carbons (Fsp3) is 0.231. The number of benzene rings is 2. The molecule has 2 aromatic carbocycles. The highest BCUT2D eigenvalue weighted by atomic mass is 32.2. The fourth-order valence-corrected chi connectivity index (χ4v) is 5.03. The average molecular weight is 472 g/mol. The second-order valence-corrected chi connectivity index (χ2v) is 9.26. The molecule has 7 nitrogen and oxygen atoms in total. The van der Waals surface area contributed by atoms with Crippen LogP contribution in [0.5, 0.6) is 5.75 Å². The van der Waals surface area contributed by atoms with E-state index < -0.39 is 5.91 Å². The fourth-order valence-electron chi connectivity index (χ4n) is 4.04. The van der Waals surface area contributed by atoms with Gasteiger partial charge < -0.3 is 9.30 Å². The molecule has 3 heterocycles. The summed E-state index contributed by atoms with van der Waals surface area (Å²) in [5, 5.41) is 16.9. The van der Waals surface area contributed by atoms with E-state index in [1.807, 2.05) is 61.7 Å². The maximum atomic E-state index is 12.8. The highest BCUT2D eigenvalue weighted by molar-refractivity contribution is 8.26. The number of ether oxygens (including phenoxy) is 1. The Morgan fingerprint density at radius 2 is 2.03 bits per heavy atom. The second kappa shape index (κ2) is 9.30. The van der Waals surface area contributed by atoms with Gasteiger partial charge in [0.05, 0.1) is 12.1 Å². The number of amidine groups is 2. The van der Waals surface area contributed by atoms with Crippen LogP contribution < -0.4 is 4.74 Å². The summed E-state index contributed by atoms with van der Waals surface area (Å²) in [5.74, 6) is 0.504. The number of carbonyl (C=O) groups is 1. The predicted molar refractivity (Wildman–Crippen MR) is 139 cm³/mol. The number of hydrogen-bond donors (Lipinski definition) is 1. The summed E-state index contributed by atoms with van der Waals surface area (Å²) >= 11 is 1.37. The first-order valence-corrected chi connectivity index (χ1v) is 12.1. The molecule has 0 saturated carbocycles. The summed E-state index contributed by atoms with van der Waals surface area (Å²) in [4.78, 5) is 17.0. The van der Waals surface area contributed by atoms with Crippen molar-refractivity contribution in [1.29, 1.82) is 5.41 Å². The number of aromatic nitrogens is 1. The van der Waals surface area contributed by atoms with Crippen LogP contribution in [0.2, 0.25) is 0 Å². The Morgan fingerprint density at radius 3 is 2.85 bits per heavy atom. The van der Waals surface area contributed by atoms with Crippen molar-refractivity contribution in [3.05, 3.63) is 71.4 Å². The van der Waals surface area contributed by atoms with Crippen molar-refractivity contribution >= 4 is 50.7 Å². The highest BCUT2D eigenvalue weighted by Crippen LogP contribution is 2.31. The van der Waals surface area contributed by atoms with Crippen molar-refractivity contribution in [2.24, 2.45) is 10.1 Å². The number of aliphatic imine (C=N–C) groups is 1. The molecule has 0 unspecified atom stereocenters. The van der Waals surface area contributed by atoms with Gasteiger partial charge in [-0.1, -0.05) is 37.3 Å². The molecule has 2 aliphatic rings. The molecule has 34 heavy (non-hydrogen) atoms. The lowest BCUT2D eigenvalue weighted by Crippen LogP contribution is -2.35. The maximum absolute atomic E-state index is 12.8. The van der Waals surface area contributed by atoms with Crippen molar-refractivity contribution in [2.45, 2.75) is 33.2 Å². The van der Waals surface area contributed by atoms with Gasteiger partial charge in [0.15, 0.2) is 5.84 Å². The zero-order chi connectivity index (χ0) is 23.7. The van der Waals surface area contributed by atoms with Crippen molar-refractivity contribution in [2.75, 3.05) is 6.61 Å². The van der Waals surface area contributed by atoms with E-state index in [-0.39, 0.29) is 11.4 Å². The molecule has 1 aromatic heterocycles. The zero-order valence-electron chi connectivity index (χ0n) is 19.1. The first-order valence-electron chi connectivity index (χ1n) is 11.3. The lowest BCUT2D eigenvalue weighted by Gasteiger charge is -2.20. The summed E-state index contributed by atoms with van der Waals surface area (Å²) < 4.78 is 8.06. The zero-order valence-corrected chi connectivity index (χ0v) is 19.9. The molecule has 0 fully saturated rings. The van der Waals surface area contributed by atoms with Gasteiger partial charge in [-0.05, 0) is 61.4 Å². The molecule has 0 saturated heterocycles. The van der Waals surface area contributed by atoms with Crippen LogP contribution in [0.1, 0.15) is 30.9 Å². The molecular weight excluding hydrogens is 446 g/mol. The van der Waals surface area contributed by atoms with Crippen molar-refractivity contribution in [3.8, 4) is 5.75 Å². The number of hydrazone groups is 1. The van der Waals surface area contributed by atoms with Gasteiger partial charge in [-0.3, -0.25) is 10.2 Å². The number of fused-ring (bicyclic) bond motifs is 2. The molecule has 8 heteroatoms. The van der Waals surface area contributed by atoms with Gasteiger partial charge in [0.2, 0.25) is 5.17 Å². The number of rotatable bonds is 7. The summed E-state index contributed by atoms with van der Waals surface area (Å²) in [6, 6.07) is 16.0. The van der Waals surface area contributed by atoms with Gasteiger partial charge in [0.25, 0.3) is 5.91 Å². The largest absolute Gasteiger partial charge is 0.492 e. The summed E-state index contributed by atoms with van der Waals surface area (Å²) in [5.41, 5.74) is 3.30. The Kier molecular flexibility index (Phi) is 6.06. The smallest absolute Gasteiger partial charge is 0.283 e. The van der Waals surface area contributed by atoms with E-state index in [0.29, 0.717) is 18.3 Å². The topological polar surface area (TPSA) is 83.0 Å². The number of thioether (sulfide) groups is 1. The van der Waals surface area contributed by atoms with Crippen molar-refractivity contribution in [3.63, 3.8) is 0 Å². The number of nitrogens with zero attached hydrogens (tertiary/aromatic N) is 4. The Morgan fingerprint density at radius 1 is 1.18 bits per heavy atom. The number of nitrogens with one attached hydrogen (secondary N) is 1. The molecular formula is C26H25N5O2S. The number of amides is 1. The Balaban J connectivity index is 1.42. The lowest BCUT2D eigenvalue weighted by atomic mass is 10.1. The molecule has 2 aliphatic heterocycles. The van der Waals surface area contributed by atoms with Crippen molar-refractivity contribution in [1.82, 2.24) is 9.58 Å². The van der Waals surface area contributed by atoms with Gasteiger partial charge in [-0.2, -0.15) is 15.1 Å². The summed E-state index contributed by atoms with van der Waals surface area (Å²) in [6.07, 6.45) is 5.51. The monoisotopic (exact) mass is 471 g/mol. The molecule has 0 radical (unpaired) electrons. The van der Waals surface area contributed by atoms with Crippen LogP contribution in [0.25, 0.3) is 17.0 Å². The number of aryl methyl sites for hydroxylation is 1. The third kappa shape index (κ3) is 4.28. The highest BCUT2D eigenvalue weighted by Gasteiger charge is 2.35. The molecule has 0 aliphatic carbocycles. The third-order valence-corrected chi connectivity index (χ3v) is 6.64. The minimum Gasteiger partial charge on any atom is -0.492 e. The first-order chi connectivity index (χ1) is 16.5. The van der Waals surface area contributed by atoms with E-state index >= 15 is 0 Å². The molecule has 1 N–H and O–H groups in total.